The fraction of sp³-hybridized carbons (Fsp3) is 0.0667. The van der Waals surface area contributed by atoms with E-state index in [2.05, 4.69) is 9.97 Å². The van der Waals surface area contributed by atoms with Gasteiger partial charge >= 0.3 is 6.18 Å². The average molecular weight is 359 g/mol. The molecule has 0 aliphatic carbocycles. The van der Waals surface area contributed by atoms with Crippen LogP contribution in [0.25, 0.3) is 10.9 Å². The maximum absolute atomic E-state index is 12.6. The molecule has 0 radical (unpaired) electrons. The number of rotatable bonds is 2. The van der Waals surface area contributed by atoms with Gasteiger partial charge in [0, 0.05) is 5.39 Å². The standard InChI is InChI=1S/C15H7Cl2F3N2O/c16-11-5-8(15(18,19)20)1-4-13(11)23-9-2-3-12-10(6-9)14(17)22-7-21-12/h1-7H. The average Bonchev–Trinajstić information content (AvgIpc) is 2.49. The van der Waals surface area contributed by atoms with Crippen LogP contribution in [0.3, 0.4) is 0 Å². The largest absolute Gasteiger partial charge is 0.456 e. The summed E-state index contributed by atoms with van der Waals surface area (Å²) in [6.07, 6.45) is -3.13. The summed E-state index contributed by atoms with van der Waals surface area (Å²) in [6.45, 7) is 0. The van der Waals surface area contributed by atoms with Crippen LogP contribution in [0.1, 0.15) is 5.56 Å². The Morgan fingerprint density at radius 1 is 0.957 bits per heavy atom. The van der Waals surface area contributed by atoms with Crippen molar-refractivity contribution in [2.45, 2.75) is 6.18 Å². The van der Waals surface area contributed by atoms with E-state index >= 15 is 0 Å². The molecular weight excluding hydrogens is 352 g/mol. The van der Waals surface area contributed by atoms with Crippen LogP contribution >= 0.6 is 23.2 Å². The molecule has 0 unspecified atom stereocenters. The molecule has 23 heavy (non-hydrogen) atoms. The molecule has 0 amide bonds. The van der Waals surface area contributed by atoms with Crippen LogP contribution in [0.4, 0.5) is 13.2 Å². The number of benzene rings is 2. The predicted octanol–water partition coefficient (Wildman–Crippen LogP) is 5.75. The van der Waals surface area contributed by atoms with E-state index in [1.165, 1.54) is 12.4 Å². The second kappa shape index (κ2) is 5.86. The van der Waals surface area contributed by atoms with Crippen LogP contribution in [0.5, 0.6) is 11.5 Å². The molecule has 0 aliphatic heterocycles. The molecule has 0 bridgehead atoms. The molecule has 0 saturated heterocycles. The quantitative estimate of drug-likeness (QED) is 0.547. The third-order valence-electron chi connectivity index (χ3n) is 3.05. The van der Waals surface area contributed by atoms with Crippen molar-refractivity contribution in [3.63, 3.8) is 0 Å². The van der Waals surface area contributed by atoms with Gasteiger partial charge in [0.1, 0.15) is 23.0 Å². The number of hydrogen-bond donors (Lipinski definition) is 0. The van der Waals surface area contributed by atoms with Crippen molar-refractivity contribution in [3.05, 3.63) is 58.5 Å². The first kappa shape index (κ1) is 15.8. The monoisotopic (exact) mass is 358 g/mol. The van der Waals surface area contributed by atoms with E-state index in [1.807, 2.05) is 0 Å². The van der Waals surface area contributed by atoms with E-state index in [0.29, 0.717) is 16.7 Å². The molecule has 0 spiro atoms. The smallest absolute Gasteiger partial charge is 0.416 e. The lowest BCUT2D eigenvalue weighted by molar-refractivity contribution is -0.137. The van der Waals surface area contributed by atoms with Gasteiger partial charge in [-0.2, -0.15) is 13.2 Å². The van der Waals surface area contributed by atoms with Crippen LogP contribution < -0.4 is 4.74 Å². The highest BCUT2D eigenvalue weighted by Crippen LogP contribution is 2.37. The lowest BCUT2D eigenvalue weighted by atomic mass is 10.2. The van der Waals surface area contributed by atoms with Crippen LogP contribution in [0, 0.1) is 0 Å². The maximum atomic E-state index is 12.6. The van der Waals surface area contributed by atoms with Crippen molar-refractivity contribution in [3.8, 4) is 11.5 Å². The van der Waals surface area contributed by atoms with E-state index in [4.69, 9.17) is 27.9 Å². The van der Waals surface area contributed by atoms with Gasteiger partial charge in [-0.05, 0) is 36.4 Å². The SMILES string of the molecule is FC(F)(F)c1ccc(Oc2ccc3ncnc(Cl)c3c2)c(Cl)c1. The van der Waals surface area contributed by atoms with Gasteiger partial charge in [0.15, 0.2) is 0 Å². The molecule has 0 atom stereocenters. The molecule has 1 heterocycles. The number of ether oxygens (including phenoxy) is 1. The molecule has 2 aromatic carbocycles. The van der Waals surface area contributed by atoms with Crippen LogP contribution in [-0.4, -0.2) is 9.97 Å². The van der Waals surface area contributed by atoms with Gasteiger partial charge in [-0.25, -0.2) is 9.97 Å². The van der Waals surface area contributed by atoms with Crippen LogP contribution in [0.2, 0.25) is 10.2 Å². The molecule has 118 valence electrons. The third-order valence-corrected chi connectivity index (χ3v) is 3.64. The highest BCUT2D eigenvalue weighted by atomic mass is 35.5. The van der Waals surface area contributed by atoms with Gasteiger partial charge in [-0.1, -0.05) is 23.2 Å². The normalized spacial score (nSPS) is 11.7. The van der Waals surface area contributed by atoms with Crippen molar-refractivity contribution in [2.75, 3.05) is 0 Å². The summed E-state index contributed by atoms with van der Waals surface area (Å²) in [5, 5.41) is 0.670. The number of aromatic nitrogens is 2. The maximum Gasteiger partial charge on any atom is 0.416 e. The van der Waals surface area contributed by atoms with Crippen molar-refractivity contribution in [1.29, 1.82) is 0 Å². The lowest BCUT2D eigenvalue weighted by Crippen LogP contribution is -2.04. The first-order chi connectivity index (χ1) is 10.8. The number of nitrogens with zero attached hydrogens (tertiary/aromatic N) is 2. The van der Waals surface area contributed by atoms with Gasteiger partial charge in [0.25, 0.3) is 0 Å². The predicted molar refractivity (Wildman–Crippen MR) is 81.1 cm³/mol. The minimum absolute atomic E-state index is 0.104. The second-order valence-corrected chi connectivity index (χ2v) is 5.35. The summed E-state index contributed by atoms with van der Waals surface area (Å²) >= 11 is 11.8. The number of alkyl halides is 3. The van der Waals surface area contributed by atoms with E-state index < -0.39 is 11.7 Å². The Hall–Kier alpha value is -2.05. The minimum atomic E-state index is -4.46. The first-order valence-corrected chi connectivity index (χ1v) is 7.05. The summed E-state index contributed by atoms with van der Waals surface area (Å²) in [5.74, 6) is 0.461. The lowest BCUT2D eigenvalue weighted by Gasteiger charge is -2.11. The minimum Gasteiger partial charge on any atom is -0.456 e. The number of halogens is 5. The highest BCUT2D eigenvalue weighted by molar-refractivity contribution is 6.34. The molecular formula is C15H7Cl2F3N2O. The van der Waals surface area contributed by atoms with Gasteiger partial charge in [0.05, 0.1) is 16.1 Å². The third kappa shape index (κ3) is 3.33. The number of hydrogen-bond acceptors (Lipinski definition) is 3. The molecule has 3 aromatic rings. The molecule has 0 N–H and O–H groups in total. The molecule has 0 fully saturated rings. The molecule has 3 nitrogen and oxygen atoms in total. The summed E-state index contributed by atoms with van der Waals surface area (Å²) in [7, 11) is 0. The van der Waals surface area contributed by atoms with E-state index in [1.54, 1.807) is 18.2 Å². The van der Waals surface area contributed by atoms with E-state index in [-0.39, 0.29) is 15.9 Å². The molecule has 8 heteroatoms. The number of fused-ring (bicyclic) bond motifs is 1. The van der Waals surface area contributed by atoms with Gasteiger partial charge < -0.3 is 4.74 Å². The Morgan fingerprint density at radius 3 is 2.43 bits per heavy atom. The summed E-state index contributed by atoms with van der Waals surface area (Å²) in [6, 6.07) is 7.74. The Labute approximate surface area is 138 Å². The van der Waals surface area contributed by atoms with E-state index in [0.717, 1.165) is 12.1 Å². The van der Waals surface area contributed by atoms with Gasteiger partial charge in [-0.3, -0.25) is 0 Å². The summed E-state index contributed by atoms with van der Waals surface area (Å²) < 4.78 is 43.4. The molecule has 1 aromatic heterocycles. The zero-order valence-corrected chi connectivity index (χ0v) is 12.7. The van der Waals surface area contributed by atoms with Crippen molar-refractivity contribution in [1.82, 2.24) is 9.97 Å². The van der Waals surface area contributed by atoms with Gasteiger partial charge in [0.2, 0.25) is 0 Å². The molecule has 3 rings (SSSR count). The zero-order chi connectivity index (χ0) is 16.6. The Morgan fingerprint density at radius 2 is 1.74 bits per heavy atom. The molecule has 0 saturated carbocycles. The first-order valence-electron chi connectivity index (χ1n) is 6.29. The van der Waals surface area contributed by atoms with Crippen molar-refractivity contribution < 1.29 is 17.9 Å². The fourth-order valence-corrected chi connectivity index (χ4v) is 2.37. The Kier molecular flexibility index (Phi) is 4.04. The zero-order valence-electron chi connectivity index (χ0n) is 11.2. The Balaban J connectivity index is 1.94. The fourth-order valence-electron chi connectivity index (χ4n) is 1.95. The summed E-state index contributed by atoms with van der Waals surface area (Å²) in [5.41, 5.74) is -0.222. The van der Waals surface area contributed by atoms with Crippen molar-refractivity contribution >= 4 is 34.1 Å². The summed E-state index contributed by atoms with van der Waals surface area (Å²) in [4.78, 5) is 7.90. The van der Waals surface area contributed by atoms with Gasteiger partial charge in [-0.15, -0.1) is 0 Å². The van der Waals surface area contributed by atoms with Crippen LogP contribution in [-0.2, 0) is 6.18 Å². The second-order valence-electron chi connectivity index (χ2n) is 4.59. The Bertz CT molecular complexity index is 884. The highest BCUT2D eigenvalue weighted by Gasteiger charge is 2.31. The molecule has 0 aliphatic rings. The van der Waals surface area contributed by atoms with E-state index in [9.17, 15) is 13.2 Å². The van der Waals surface area contributed by atoms with Crippen LogP contribution in [0.15, 0.2) is 42.7 Å². The van der Waals surface area contributed by atoms with Crippen molar-refractivity contribution in [2.24, 2.45) is 0 Å². The topological polar surface area (TPSA) is 35.0 Å².